The Balaban J connectivity index is 2.21. The van der Waals surface area contributed by atoms with E-state index in [1.807, 2.05) is 30.3 Å². The first-order valence-electron chi connectivity index (χ1n) is 10.2. The average molecular weight is 417 g/mol. The van der Waals surface area contributed by atoms with E-state index in [1.165, 1.54) is 11.3 Å². The quantitative estimate of drug-likeness (QED) is 0.545. The third-order valence-electron chi connectivity index (χ3n) is 4.15. The normalized spacial score (nSPS) is 11.3. The summed E-state index contributed by atoms with van der Waals surface area (Å²) in [5.74, 6) is 0.423. The van der Waals surface area contributed by atoms with Gasteiger partial charge in [-0.05, 0) is 30.4 Å². The van der Waals surface area contributed by atoms with E-state index in [0.29, 0.717) is 35.6 Å². The van der Waals surface area contributed by atoms with Crippen LogP contribution in [0.5, 0.6) is 0 Å². The number of ether oxygens (including phenoxy) is 1. The number of rotatable bonds is 10. The van der Waals surface area contributed by atoms with Crippen LogP contribution in [0.4, 0.5) is 5.00 Å². The summed E-state index contributed by atoms with van der Waals surface area (Å²) in [6.07, 6.45) is 0. The van der Waals surface area contributed by atoms with Crippen LogP contribution < -0.4 is 5.32 Å². The number of esters is 1. The molecule has 158 valence electrons. The highest BCUT2D eigenvalue weighted by molar-refractivity contribution is 7.20. The standard InChI is InChI=1S/C23H32N2O3S/c1-6-28-23(27)19-12-20(18-10-8-7-9-11-18)29-22(19)24-21(26)15-25(13-16(2)3)14-17(4)5/h7-12,16-17H,6,13-15H2,1-5H3,(H,24,26). The Labute approximate surface area is 178 Å². The van der Waals surface area contributed by atoms with Crippen molar-refractivity contribution in [2.75, 3.05) is 31.6 Å². The Morgan fingerprint density at radius 2 is 1.69 bits per heavy atom. The monoisotopic (exact) mass is 416 g/mol. The SMILES string of the molecule is CCOC(=O)c1cc(-c2ccccc2)sc1NC(=O)CN(CC(C)C)CC(C)C. The minimum atomic E-state index is -0.414. The molecule has 0 radical (unpaired) electrons. The number of carbonyl (C=O) groups excluding carboxylic acids is 2. The van der Waals surface area contributed by atoms with E-state index in [4.69, 9.17) is 4.74 Å². The van der Waals surface area contributed by atoms with Gasteiger partial charge in [0.25, 0.3) is 0 Å². The number of anilines is 1. The number of hydrogen-bond donors (Lipinski definition) is 1. The van der Waals surface area contributed by atoms with Crippen molar-refractivity contribution in [3.8, 4) is 10.4 Å². The van der Waals surface area contributed by atoms with Crippen molar-refractivity contribution in [1.29, 1.82) is 0 Å². The zero-order valence-corrected chi connectivity index (χ0v) is 18.8. The lowest BCUT2D eigenvalue weighted by atomic mass is 10.1. The van der Waals surface area contributed by atoms with Crippen molar-refractivity contribution in [3.05, 3.63) is 42.0 Å². The van der Waals surface area contributed by atoms with Crippen LogP contribution in [-0.4, -0.2) is 43.0 Å². The van der Waals surface area contributed by atoms with Crippen LogP contribution in [0.25, 0.3) is 10.4 Å². The molecule has 0 aliphatic carbocycles. The van der Waals surface area contributed by atoms with Gasteiger partial charge in [0.15, 0.2) is 0 Å². The summed E-state index contributed by atoms with van der Waals surface area (Å²) < 4.78 is 5.19. The van der Waals surface area contributed by atoms with Crippen molar-refractivity contribution in [1.82, 2.24) is 4.90 Å². The Morgan fingerprint density at radius 1 is 1.07 bits per heavy atom. The number of amides is 1. The highest BCUT2D eigenvalue weighted by Gasteiger charge is 2.21. The van der Waals surface area contributed by atoms with Gasteiger partial charge in [-0.3, -0.25) is 9.69 Å². The third-order valence-corrected chi connectivity index (χ3v) is 5.25. The molecule has 0 atom stereocenters. The summed E-state index contributed by atoms with van der Waals surface area (Å²) in [4.78, 5) is 28.3. The van der Waals surface area contributed by atoms with E-state index in [-0.39, 0.29) is 5.91 Å². The lowest BCUT2D eigenvalue weighted by molar-refractivity contribution is -0.117. The fourth-order valence-corrected chi connectivity index (χ4v) is 4.26. The molecule has 0 saturated carbocycles. The molecule has 0 aliphatic heterocycles. The van der Waals surface area contributed by atoms with Gasteiger partial charge in [-0.2, -0.15) is 0 Å². The molecule has 6 heteroatoms. The van der Waals surface area contributed by atoms with Gasteiger partial charge in [-0.15, -0.1) is 11.3 Å². The van der Waals surface area contributed by atoms with Gasteiger partial charge in [-0.1, -0.05) is 58.0 Å². The predicted octanol–water partition coefficient (Wildman–Crippen LogP) is 5.14. The van der Waals surface area contributed by atoms with Crippen LogP contribution in [0.1, 0.15) is 45.0 Å². The van der Waals surface area contributed by atoms with Crippen LogP contribution in [0.15, 0.2) is 36.4 Å². The molecule has 2 aromatic rings. The fourth-order valence-electron chi connectivity index (χ4n) is 3.19. The predicted molar refractivity (Wildman–Crippen MR) is 120 cm³/mol. The smallest absolute Gasteiger partial charge is 0.341 e. The number of hydrogen-bond acceptors (Lipinski definition) is 5. The van der Waals surface area contributed by atoms with Gasteiger partial charge in [0.1, 0.15) is 5.00 Å². The van der Waals surface area contributed by atoms with Gasteiger partial charge in [-0.25, -0.2) is 4.79 Å². The van der Waals surface area contributed by atoms with Gasteiger partial charge in [0, 0.05) is 18.0 Å². The van der Waals surface area contributed by atoms with E-state index < -0.39 is 5.97 Å². The second kappa shape index (κ2) is 11.1. The highest BCUT2D eigenvalue weighted by Crippen LogP contribution is 2.36. The molecule has 2 rings (SSSR count). The topological polar surface area (TPSA) is 58.6 Å². The van der Waals surface area contributed by atoms with Gasteiger partial charge >= 0.3 is 5.97 Å². The summed E-state index contributed by atoms with van der Waals surface area (Å²) in [6.45, 7) is 12.7. The maximum absolute atomic E-state index is 12.8. The van der Waals surface area contributed by atoms with Crippen LogP contribution in [0.2, 0.25) is 0 Å². The first kappa shape index (κ1) is 23.1. The summed E-state index contributed by atoms with van der Waals surface area (Å²) in [7, 11) is 0. The molecular weight excluding hydrogens is 384 g/mol. The Hall–Kier alpha value is -2.18. The highest BCUT2D eigenvalue weighted by atomic mass is 32.1. The van der Waals surface area contributed by atoms with E-state index >= 15 is 0 Å². The van der Waals surface area contributed by atoms with Gasteiger partial charge in [0.05, 0.1) is 18.7 Å². The molecule has 1 aromatic carbocycles. The molecule has 5 nitrogen and oxygen atoms in total. The van der Waals surface area contributed by atoms with E-state index in [1.54, 1.807) is 13.0 Å². The minimum absolute atomic E-state index is 0.113. The minimum Gasteiger partial charge on any atom is -0.462 e. The average Bonchev–Trinajstić information content (AvgIpc) is 3.05. The van der Waals surface area contributed by atoms with Crippen molar-refractivity contribution < 1.29 is 14.3 Å². The van der Waals surface area contributed by atoms with Crippen LogP contribution in [0.3, 0.4) is 0 Å². The first-order chi connectivity index (χ1) is 13.8. The van der Waals surface area contributed by atoms with Gasteiger partial charge in [0.2, 0.25) is 5.91 Å². The second-order valence-electron chi connectivity index (χ2n) is 7.97. The molecule has 0 saturated heterocycles. The molecule has 0 unspecified atom stereocenters. The Kier molecular flexibility index (Phi) is 8.86. The van der Waals surface area contributed by atoms with E-state index in [0.717, 1.165) is 23.5 Å². The number of carbonyl (C=O) groups is 2. The summed E-state index contributed by atoms with van der Waals surface area (Å²) in [6, 6.07) is 11.6. The largest absolute Gasteiger partial charge is 0.462 e. The van der Waals surface area contributed by atoms with E-state index in [2.05, 4.69) is 37.9 Å². The Morgan fingerprint density at radius 3 is 2.24 bits per heavy atom. The second-order valence-corrected chi connectivity index (χ2v) is 9.02. The summed E-state index contributed by atoms with van der Waals surface area (Å²) in [5, 5.41) is 3.50. The van der Waals surface area contributed by atoms with Crippen molar-refractivity contribution in [2.24, 2.45) is 11.8 Å². The maximum Gasteiger partial charge on any atom is 0.341 e. The van der Waals surface area contributed by atoms with E-state index in [9.17, 15) is 9.59 Å². The van der Waals surface area contributed by atoms with Gasteiger partial charge < -0.3 is 10.1 Å². The third kappa shape index (κ3) is 7.29. The molecule has 1 amide bonds. The first-order valence-corrected chi connectivity index (χ1v) is 11.0. The van der Waals surface area contributed by atoms with Crippen LogP contribution in [-0.2, 0) is 9.53 Å². The number of nitrogens with one attached hydrogen (secondary N) is 1. The Bertz CT molecular complexity index is 790. The molecule has 0 bridgehead atoms. The number of benzene rings is 1. The van der Waals surface area contributed by atoms with Crippen LogP contribution >= 0.6 is 11.3 Å². The summed E-state index contributed by atoms with van der Waals surface area (Å²) in [5.41, 5.74) is 1.41. The molecule has 0 spiro atoms. The zero-order chi connectivity index (χ0) is 21.4. The van der Waals surface area contributed by atoms with Crippen LogP contribution in [0, 0.1) is 11.8 Å². The molecular formula is C23H32N2O3S. The summed E-state index contributed by atoms with van der Waals surface area (Å²) >= 11 is 1.40. The lowest BCUT2D eigenvalue weighted by Gasteiger charge is -2.25. The van der Waals surface area contributed by atoms with Crippen molar-refractivity contribution >= 4 is 28.2 Å². The molecule has 0 aliphatic rings. The fraction of sp³-hybridized carbons (Fsp3) is 0.478. The molecule has 1 N–H and O–H groups in total. The molecule has 1 aromatic heterocycles. The van der Waals surface area contributed by atoms with Crippen molar-refractivity contribution in [2.45, 2.75) is 34.6 Å². The number of nitrogens with zero attached hydrogens (tertiary/aromatic N) is 1. The number of thiophene rings is 1. The lowest BCUT2D eigenvalue weighted by Crippen LogP contribution is -2.38. The molecule has 1 heterocycles. The van der Waals surface area contributed by atoms with Crippen molar-refractivity contribution in [3.63, 3.8) is 0 Å². The zero-order valence-electron chi connectivity index (χ0n) is 18.0. The maximum atomic E-state index is 12.8. The molecule has 0 fully saturated rings. The molecule has 29 heavy (non-hydrogen) atoms.